The number of halogens is 1. The van der Waals surface area contributed by atoms with E-state index in [0.29, 0.717) is 6.54 Å². The number of ether oxygens (including phenoxy) is 2. The van der Waals surface area contributed by atoms with E-state index in [-0.39, 0.29) is 24.0 Å². The van der Waals surface area contributed by atoms with Crippen LogP contribution >= 0.6 is 24.0 Å². The predicted octanol–water partition coefficient (Wildman–Crippen LogP) is 2.87. The van der Waals surface area contributed by atoms with Crippen LogP contribution in [0.5, 0.6) is 11.5 Å². The molecule has 0 saturated heterocycles. The summed E-state index contributed by atoms with van der Waals surface area (Å²) in [4.78, 5) is 6.45. The number of aliphatic imine (C=N–C) groups is 1. The second-order valence-electron chi connectivity index (χ2n) is 5.56. The number of aryl methyl sites for hydroxylation is 1. The lowest BCUT2D eigenvalue weighted by Gasteiger charge is -2.22. The minimum absolute atomic E-state index is 0. The number of nitrogens with zero attached hydrogens (tertiary/aromatic N) is 3. The average Bonchev–Trinajstić information content (AvgIpc) is 3.00. The zero-order chi connectivity index (χ0) is 17.5. The van der Waals surface area contributed by atoms with E-state index < -0.39 is 0 Å². The molecule has 0 bridgehead atoms. The summed E-state index contributed by atoms with van der Waals surface area (Å²) in [5, 5.41) is 3.38. The number of hydrogen-bond acceptors (Lipinski definition) is 3. The third-order valence-electron chi connectivity index (χ3n) is 3.92. The summed E-state index contributed by atoms with van der Waals surface area (Å²) in [6.45, 7) is 1.44. The molecule has 0 atom stereocenters. The van der Waals surface area contributed by atoms with Gasteiger partial charge in [-0.3, -0.25) is 4.99 Å². The number of hydrogen-bond donors (Lipinski definition) is 1. The Balaban J connectivity index is 0.00000312. The first-order valence-electron chi connectivity index (χ1n) is 7.82. The number of rotatable bonds is 6. The van der Waals surface area contributed by atoms with Crippen LogP contribution in [0.25, 0.3) is 0 Å². The fourth-order valence-electron chi connectivity index (χ4n) is 2.54. The van der Waals surface area contributed by atoms with Crippen molar-refractivity contribution in [3.8, 4) is 11.5 Å². The second kappa shape index (κ2) is 10.2. The van der Waals surface area contributed by atoms with Gasteiger partial charge in [0, 0.05) is 39.6 Å². The lowest BCUT2D eigenvalue weighted by Crippen LogP contribution is -2.38. The largest absolute Gasteiger partial charge is 0.493 e. The molecule has 1 aromatic carbocycles. The molecule has 0 aliphatic carbocycles. The molecule has 6 nitrogen and oxygen atoms in total. The Labute approximate surface area is 166 Å². The van der Waals surface area contributed by atoms with Crippen molar-refractivity contribution in [2.45, 2.75) is 13.1 Å². The van der Waals surface area contributed by atoms with Gasteiger partial charge in [-0.15, -0.1) is 24.0 Å². The molecule has 1 aromatic heterocycles. The van der Waals surface area contributed by atoms with Crippen LogP contribution in [0.1, 0.15) is 11.3 Å². The topological polar surface area (TPSA) is 51.0 Å². The number of methoxy groups -OCH3 is 2. The van der Waals surface area contributed by atoms with Gasteiger partial charge in [0.05, 0.1) is 20.8 Å². The maximum atomic E-state index is 5.34. The van der Waals surface area contributed by atoms with E-state index in [1.165, 1.54) is 5.69 Å². The minimum Gasteiger partial charge on any atom is -0.493 e. The van der Waals surface area contributed by atoms with Gasteiger partial charge in [0.15, 0.2) is 17.5 Å². The van der Waals surface area contributed by atoms with Gasteiger partial charge in [0.25, 0.3) is 0 Å². The van der Waals surface area contributed by atoms with Crippen molar-refractivity contribution in [3.05, 3.63) is 47.8 Å². The van der Waals surface area contributed by atoms with Gasteiger partial charge in [0.1, 0.15) is 0 Å². The zero-order valence-corrected chi connectivity index (χ0v) is 17.8. The Bertz CT molecular complexity index is 700. The first kappa shape index (κ1) is 21.1. The van der Waals surface area contributed by atoms with E-state index in [1.807, 2.05) is 44.6 Å². The van der Waals surface area contributed by atoms with Crippen molar-refractivity contribution in [2.24, 2.45) is 12.0 Å². The molecule has 2 rings (SSSR count). The van der Waals surface area contributed by atoms with Crippen molar-refractivity contribution >= 4 is 29.9 Å². The summed E-state index contributed by atoms with van der Waals surface area (Å²) in [6.07, 6.45) is 2.04. The lowest BCUT2D eigenvalue weighted by atomic mass is 10.2. The molecule has 1 heterocycles. The Kier molecular flexibility index (Phi) is 8.60. The molecule has 0 unspecified atom stereocenters. The van der Waals surface area contributed by atoms with Gasteiger partial charge < -0.3 is 24.3 Å². The lowest BCUT2D eigenvalue weighted by molar-refractivity contribution is 0.354. The van der Waals surface area contributed by atoms with E-state index in [0.717, 1.165) is 29.6 Å². The summed E-state index contributed by atoms with van der Waals surface area (Å²) < 4.78 is 12.7. The van der Waals surface area contributed by atoms with Crippen LogP contribution in [0.3, 0.4) is 0 Å². The molecule has 2 aromatic rings. The predicted molar refractivity (Wildman–Crippen MR) is 112 cm³/mol. The fourth-order valence-corrected chi connectivity index (χ4v) is 2.54. The second-order valence-corrected chi connectivity index (χ2v) is 5.56. The summed E-state index contributed by atoms with van der Waals surface area (Å²) in [5.41, 5.74) is 2.33. The quantitative estimate of drug-likeness (QED) is 0.411. The molecule has 138 valence electrons. The summed E-state index contributed by atoms with van der Waals surface area (Å²) in [7, 11) is 9.14. The normalized spacial score (nSPS) is 10.8. The molecular weight excluding hydrogens is 431 g/mol. The van der Waals surface area contributed by atoms with E-state index in [9.17, 15) is 0 Å². The van der Waals surface area contributed by atoms with E-state index in [1.54, 1.807) is 21.3 Å². The SMILES string of the molecule is CN=C(NCc1ccc(OC)c(OC)c1)N(C)Cc1cccn1C.I. The van der Waals surface area contributed by atoms with Gasteiger partial charge in [-0.2, -0.15) is 0 Å². The molecule has 0 aliphatic heterocycles. The highest BCUT2D eigenvalue weighted by molar-refractivity contribution is 14.0. The fraction of sp³-hybridized carbons (Fsp3) is 0.389. The van der Waals surface area contributed by atoms with E-state index >= 15 is 0 Å². The standard InChI is InChI=1S/C18H26N4O2.HI/c1-19-18(22(3)13-15-7-6-10-21(15)2)20-12-14-8-9-16(23-4)17(11-14)24-5;/h6-11H,12-13H2,1-5H3,(H,19,20);1H. The van der Waals surface area contributed by atoms with Crippen LogP contribution < -0.4 is 14.8 Å². The smallest absolute Gasteiger partial charge is 0.194 e. The van der Waals surface area contributed by atoms with E-state index in [4.69, 9.17) is 9.47 Å². The number of nitrogens with one attached hydrogen (secondary N) is 1. The third-order valence-corrected chi connectivity index (χ3v) is 3.92. The molecule has 0 spiro atoms. The van der Waals surface area contributed by atoms with Gasteiger partial charge >= 0.3 is 0 Å². The van der Waals surface area contributed by atoms with Crippen molar-refractivity contribution < 1.29 is 9.47 Å². The molecule has 0 radical (unpaired) electrons. The van der Waals surface area contributed by atoms with Crippen LogP contribution in [-0.4, -0.2) is 43.7 Å². The summed E-state index contributed by atoms with van der Waals surface area (Å²) >= 11 is 0. The maximum Gasteiger partial charge on any atom is 0.194 e. The molecule has 25 heavy (non-hydrogen) atoms. The minimum atomic E-state index is 0. The maximum absolute atomic E-state index is 5.34. The van der Waals surface area contributed by atoms with Crippen molar-refractivity contribution in [3.63, 3.8) is 0 Å². The molecule has 1 N–H and O–H groups in total. The highest BCUT2D eigenvalue weighted by Crippen LogP contribution is 2.27. The zero-order valence-electron chi connectivity index (χ0n) is 15.4. The molecule has 0 saturated carbocycles. The van der Waals surface area contributed by atoms with Crippen molar-refractivity contribution in [1.29, 1.82) is 0 Å². The van der Waals surface area contributed by atoms with Gasteiger partial charge in [0.2, 0.25) is 0 Å². The number of benzene rings is 1. The Morgan fingerprint density at radius 2 is 1.92 bits per heavy atom. The molecule has 7 heteroatoms. The number of guanidine groups is 1. The van der Waals surface area contributed by atoms with Crippen LogP contribution in [-0.2, 0) is 20.1 Å². The first-order chi connectivity index (χ1) is 11.6. The van der Waals surface area contributed by atoms with Crippen molar-refractivity contribution in [1.82, 2.24) is 14.8 Å². The van der Waals surface area contributed by atoms with Crippen LogP contribution in [0.2, 0.25) is 0 Å². The Morgan fingerprint density at radius 1 is 1.20 bits per heavy atom. The monoisotopic (exact) mass is 458 g/mol. The third kappa shape index (κ3) is 5.55. The van der Waals surface area contributed by atoms with Crippen molar-refractivity contribution in [2.75, 3.05) is 28.3 Å². The summed E-state index contributed by atoms with van der Waals surface area (Å²) in [5.74, 6) is 2.29. The van der Waals surface area contributed by atoms with Crippen LogP contribution in [0.4, 0.5) is 0 Å². The molecule has 0 fully saturated rings. The highest BCUT2D eigenvalue weighted by atomic mass is 127. The van der Waals surface area contributed by atoms with Gasteiger partial charge in [-0.25, -0.2) is 0 Å². The van der Waals surface area contributed by atoms with Gasteiger partial charge in [-0.05, 0) is 29.8 Å². The number of aromatic nitrogens is 1. The Morgan fingerprint density at radius 3 is 2.48 bits per heavy atom. The van der Waals surface area contributed by atoms with E-state index in [2.05, 4.69) is 25.8 Å². The highest BCUT2D eigenvalue weighted by Gasteiger charge is 2.09. The molecule has 0 aliphatic rings. The Hall–Kier alpha value is -1.90. The molecule has 0 amide bonds. The summed E-state index contributed by atoms with van der Waals surface area (Å²) in [6, 6.07) is 10.0. The van der Waals surface area contributed by atoms with Gasteiger partial charge in [-0.1, -0.05) is 6.07 Å². The molecular formula is C18H27IN4O2. The van der Waals surface area contributed by atoms with Crippen LogP contribution in [0.15, 0.2) is 41.5 Å². The van der Waals surface area contributed by atoms with Crippen LogP contribution in [0, 0.1) is 0 Å². The average molecular weight is 458 g/mol. The first-order valence-corrected chi connectivity index (χ1v) is 7.82.